The van der Waals surface area contributed by atoms with Crippen LogP contribution in [0.25, 0.3) is 0 Å². The first-order valence-electron chi connectivity index (χ1n) is 4.38. The maximum absolute atomic E-state index is 12.2. The number of benzene rings is 1. The number of halogens is 4. The monoisotopic (exact) mass is 320 g/mol. The van der Waals surface area contributed by atoms with E-state index in [1.807, 2.05) is 0 Å². The van der Waals surface area contributed by atoms with Gasteiger partial charge in [-0.2, -0.15) is 21.6 Å². The molecule has 0 aliphatic heterocycles. The van der Waals surface area contributed by atoms with Crippen molar-refractivity contribution in [3.05, 3.63) is 35.4 Å². The summed E-state index contributed by atoms with van der Waals surface area (Å²) in [6.07, 6.45) is -4.44. The van der Waals surface area contributed by atoms with Gasteiger partial charge < -0.3 is 4.74 Å². The number of hydrogen-bond acceptors (Lipinski definition) is 4. The van der Waals surface area contributed by atoms with Gasteiger partial charge in [0.1, 0.15) is 0 Å². The van der Waals surface area contributed by atoms with E-state index in [0.717, 1.165) is 25.3 Å². The average Bonchev–Trinajstić information content (AvgIpc) is 2.25. The zero-order valence-electron chi connectivity index (χ0n) is 9.31. The van der Waals surface area contributed by atoms with E-state index in [1.54, 1.807) is 0 Å². The standard InChI is InChI=1S/C9H7F3O2.ClHO3S/c1-14-8(13)6-3-2-4-7(5-6)9(10,11)12;1-5(2,3)4/h2-5H,1H3;(H,2,3,4). The molecule has 0 fully saturated rings. The van der Waals surface area contributed by atoms with Crippen molar-refractivity contribution in [2.24, 2.45) is 0 Å². The lowest BCUT2D eigenvalue weighted by molar-refractivity contribution is -0.137. The van der Waals surface area contributed by atoms with E-state index < -0.39 is 27.0 Å². The van der Waals surface area contributed by atoms with Gasteiger partial charge in [-0.25, -0.2) is 4.79 Å². The van der Waals surface area contributed by atoms with E-state index >= 15 is 0 Å². The van der Waals surface area contributed by atoms with Gasteiger partial charge in [0, 0.05) is 10.7 Å². The molecular formula is C9H8ClF3O5S. The molecule has 0 aliphatic carbocycles. The van der Waals surface area contributed by atoms with E-state index in [-0.39, 0.29) is 5.56 Å². The smallest absolute Gasteiger partial charge is 0.416 e. The van der Waals surface area contributed by atoms with Crippen LogP contribution in [-0.4, -0.2) is 26.0 Å². The van der Waals surface area contributed by atoms with Crippen LogP contribution in [0, 0.1) is 0 Å². The van der Waals surface area contributed by atoms with Gasteiger partial charge in [-0.3, -0.25) is 4.55 Å². The quantitative estimate of drug-likeness (QED) is 0.488. The molecule has 0 bridgehead atoms. The maximum Gasteiger partial charge on any atom is 0.416 e. The molecule has 0 aromatic heterocycles. The molecule has 19 heavy (non-hydrogen) atoms. The fourth-order valence-electron chi connectivity index (χ4n) is 0.940. The predicted octanol–water partition coefficient (Wildman–Crippen LogP) is 2.52. The van der Waals surface area contributed by atoms with Gasteiger partial charge in [0.15, 0.2) is 0 Å². The van der Waals surface area contributed by atoms with Crippen LogP contribution in [-0.2, 0) is 20.2 Å². The molecule has 0 aliphatic rings. The fraction of sp³-hybridized carbons (Fsp3) is 0.222. The number of hydrogen-bond donors (Lipinski definition) is 1. The maximum atomic E-state index is 12.2. The average molecular weight is 321 g/mol. The zero-order chi connectivity index (χ0) is 15.3. The summed E-state index contributed by atoms with van der Waals surface area (Å²) in [5.41, 5.74) is -0.970. The molecule has 0 saturated carbocycles. The van der Waals surface area contributed by atoms with Crippen LogP contribution >= 0.6 is 10.7 Å². The van der Waals surface area contributed by atoms with Crippen molar-refractivity contribution in [3.8, 4) is 0 Å². The molecule has 0 saturated heterocycles. The first kappa shape index (κ1) is 17.7. The van der Waals surface area contributed by atoms with Crippen LogP contribution in [0.2, 0.25) is 0 Å². The minimum atomic E-state index is -4.44. The molecule has 1 rings (SSSR count). The molecule has 1 N–H and O–H groups in total. The molecule has 0 heterocycles. The Morgan fingerprint density at radius 2 is 1.84 bits per heavy atom. The van der Waals surface area contributed by atoms with Gasteiger partial charge in [0.05, 0.1) is 18.2 Å². The van der Waals surface area contributed by atoms with Gasteiger partial charge in [0.2, 0.25) is 0 Å². The van der Waals surface area contributed by atoms with Gasteiger partial charge >= 0.3 is 21.5 Å². The number of esters is 1. The molecule has 0 atom stereocenters. The molecule has 0 radical (unpaired) electrons. The summed E-state index contributed by atoms with van der Waals surface area (Å²) in [5.74, 6) is -0.781. The number of carbonyl (C=O) groups is 1. The Labute approximate surface area is 111 Å². The van der Waals surface area contributed by atoms with Crippen molar-refractivity contribution in [2.75, 3.05) is 7.11 Å². The Morgan fingerprint density at radius 1 is 1.37 bits per heavy atom. The van der Waals surface area contributed by atoms with E-state index in [9.17, 15) is 18.0 Å². The van der Waals surface area contributed by atoms with Crippen LogP contribution in [0.5, 0.6) is 0 Å². The predicted molar refractivity (Wildman–Crippen MR) is 60.2 cm³/mol. The SMILES string of the molecule is COC(=O)c1cccc(C(F)(F)F)c1.O=S(=O)(O)Cl. The highest BCUT2D eigenvalue weighted by atomic mass is 35.7. The second kappa shape index (κ2) is 6.73. The Morgan fingerprint density at radius 3 is 2.21 bits per heavy atom. The van der Waals surface area contributed by atoms with Crippen molar-refractivity contribution in [2.45, 2.75) is 6.18 Å². The fourth-order valence-corrected chi connectivity index (χ4v) is 0.940. The van der Waals surface area contributed by atoms with Gasteiger partial charge in [0.25, 0.3) is 0 Å². The summed E-state index contributed by atoms with van der Waals surface area (Å²) >= 11 is 0. The van der Waals surface area contributed by atoms with Crippen LogP contribution in [0.1, 0.15) is 15.9 Å². The molecular weight excluding hydrogens is 313 g/mol. The molecule has 1 aromatic carbocycles. The third-order valence-corrected chi connectivity index (χ3v) is 1.61. The Kier molecular flexibility index (Phi) is 6.27. The normalized spacial score (nSPS) is 11.3. The highest BCUT2D eigenvalue weighted by Crippen LogP contribution is 2.29. The zero-order valence-corrected chi connectivity index (χ0v) is 10.9. The van der Waals surface area contributed by atoms with Crippen LogP contribution in [0.3, 0.4) is 0 Å². The molecule has 1 aromatic rings. The minimum absolute atomic E-state index is 0.109. The number of carbonyl (C=O) groups excluding carboxylic acids is 1. The Balaban J connectivity index is 0.000000555. The number of methoxy groups -OCH3 is 1. The van der Waals surface area contributed by atoms with Crippen molar-refractivity contribution < 1.29 is 35.7 Å². The first-order valence-corrected chi connectivity index (χ1v) is 6.64. The van der Waals surface area contributed by atoms with E-state index in [0.29, 0.717) is 0 Å². The van der Waals surface area contributed by atoms with Crippen molar-refractivity contribution >= 4 is 26.0 Å². The molecule has 0 amide bonds. The molecule has 10 heteroatoms. The lowest BCUT2D eigenvalue weighted by Crippen LogP contribution is -2.08. The van der Waals surface area contributed by atoms with Gasteiger partial charge in [-0.05, 0) is 18.2 Å². The molecule has 0 unspecified atom stereocenters. The summed E-state index contributed by atoms with van der Waals surface area (Å²) in [7, 11) is 0.977. The summed E-state index contributed by atoms with van der Waals surface area (Å²) in [6.45, 7) is 0. The Hall–Kier alpha value is -1.32. The molecule has 5 nitrogen and oxygen atoms in total. The molecule has 108 valence electrons. The summed E-state index contributed by atoms with van der Waals surface area (Å²) in [6, 6.07) is 4.08. The van der Waals surface area contributed by atoms with E-state index in [1.165, 1.54) is 6.07 Å². The topological polar surface area (TPSA) is 80.7 Å². The van der Waals surface area contributed by atoms with Crippen molar-refractivity contribution in [1.82, 2.24) is 0 Å². The first-order chi connectivity index (χ1) is 8.45. The van der Waals surface area contributed by atoms with E-state index in [2.05, 4.69) is 15.4 Å². The lowest BCUT2D eigenvalue weighted by Gasteiger charge is -2.07. The minimum Gasteiger partial charge on any atom is -0.465 e. The summed E-state index contributed by atoms with van der Waals surface area (Å²) in [5, 5.41) is 0. The van der Waals surface area contributed by atoms with E-state index in [4.69, 9.17) is 13.0 Å². The van der Waals surface area contributed by atoms with Gasteiger partial charge in [-0.1, -0.05) is 6.07 Å². The van der Waals surface area contributed by atoms with Gasteiger partial charge in [-0.15, -0.1) is 0 Å². The lowest BCUT2D eigenvalue weighted by atomic mass is 10.1. The summed E-state index contributed by atoms with van der Waals surface area (Å²) in [4.78, 5) is 10.9. The second-order valence-corrected chi connectivity index (χ2v) is 4.98. The van der Waals surface area contributed by atoms with Crippen molar-refractivity contribution in [3.63, 3.8) is 0 Å². The van der Waals surface area contributed by atoms with Crippen LogP contribution in [0.4, 0.5) is 13.2 Å². The largest absolute Gasteiger partial charge is 0.465 e. The third kappa shape index (κ3) is 8.41. The highest BCUT2D eigenvalue weighted by molar-refractivity contribution is 8.09. The van der Waals surface area contributed by atoms with Crippen LogP contribution in [0.15, 0.2) is 24.3 Å². The summed E-state index contributed by atoms with van der Waals surface area (Å²) < 4.78 is 66.0. The highest BCUT2D eigenvalue weighted by Gasteiger charge is 2.30. The van der Waals surface area contributed by atoms with Crippen molar-refractivity contribution in [1.29, 1.82) is 0 Å². The molecule has 0 spiro atoms. The Bertz CT molecular complexity index is 533. The number of ether oxygens (including phenoxy) is 1. The third-order valence-electron chi connectivity index (χ3n) is 1.61. The number of alkyl halides is 3. The second-order valence-electron chi connectivity index (χ2n) is 2.98. The number of rotatable bonds is 1. The van der Waals surface area contributed by atoms with Crippen LogP contribution < -0.4 is 0 Å².